The van der Waals surface area contributed by atoms with E-state index in [2.05, 4.69) is 86.0 Å². The van der Waals surface area contributed by atoms with Crippen molar-refractivity contribution in [2.75, 3.05) is 0 Å². The van der Waals surface area contributed by atoms with E-state index in [1.54, 1.807) is 13.8 Å². The van der Waals surface area contributed by atoms with Gasteiger partial charge in [0.15, 0.2) is 0 Å². The monoisotopic (exact) mass is 586 g/mol. The lowest BCUT2D eigenvalue weighted by molar-refractivity contribution is -0.130. The lowest BCUT2D eigenvalue weighted by atomic mass is 9.66. The molecule has 0 saturated heterocycles. The summed E-state index contributed by atoms with van der Waals surface area (Å²) in [5.74, 6) is -0.0459. The lowest BCUT2D eigenvalue weighted by Crippen LogP contribution is -2.29. The summed E-state index contributed by atoms with van der Waals surface area (Å²) >= 11 is 0. The van der Waals surface area contributed by atoms with E-state index in [1.165, 1.54) is 5.56 Å². The zero-order valence-corrected chi connectivity index (χ0v) is 25.1. The number of esters is 2. The van der Waals surface area contributed by atoms with Crippen molar-refractivity contribution in [3.63, 3.8) is 0 Å². The molecule has 0 atom stereocenters. The fourth-order valence-electron chi connectivity index (χ4n) is 6.51. The average molecular weight is 587 g/mol. The molecule has 6 aromatic rings. The zero-order valence-electron chi connectivity index (χ0n) is 25.1. The molecule has 218 valence electrons. The van der Waals surface area contributed by atoms with Crippen LogP contribution >= 0.6 is 0 Å². The molecule has 1 aliphatic carbocycles. The summed E-state index contributed by atoms with van der Waals surface area (Å²) in [5.41, 5.74) is 6.57. The number of ether oxygens (including phenoxy) is 2. The van der Waals surface area contributed by atoms with E-state index < -0.39 is 17.4 Å². The van der Waals surface area contributed by atoms with Crippen molar-refractivity contribution in [3.8, 4) is 22.6 Å². The van der Waals surface area contributed by atoms with Crippen molar-refractivity contribution in [2.45, 2.75) is 19.3 Å². The Morgan fingerprint density at radius 3 is 1.58 bits per heavy atom. The third-order valence-corrected chi connectivity index (χ3v) is 8.58. The van der Waals surface area contributed by atoms with Gasteiger partial charge in [-0.3, -0.25) is 0 Å². The van der Waals surface area contributed by atoms with E-state index >= 15 is 0 Å². The molecule has 0 aromatic heterocycles. The maximum atomic E-state index is 12.3. The van der Waals surface area contributed by atoms with Crippen LogP contribution in [0.1, 0.15) is 36.1 Å². The van der Waals surface area contributed by atoms with Crippen LogP contribution < -0.4 is 9.47 Å². The molecule has 0 N–H and O–H groups in total. The first-order chi connectivity index (χ1) is 21.8. The topological polar surface area (TPSA) is 52.6 Å². The summed E-state index contributed by atoms with van der Waals surface area (Å²) < 4.78 is 11.2. The van der Waals surface area contributed by atoms with Crippen molar-refractivity contribution in [1.82, 2.24) is 0 Å². The number of carbonyl (C=O) groups is 2. The minimum absolute atomic E-state index is 0.333. The van der Waals surface area contributed by atoms with Crippen molar-refractivity contribution >= 4 is 33.5 Å². The van der Waals surface area contributed by atoms with Crippen LogP contribution in [0.5, 0.6) is 11.5 Å². The van der Waals surface area contributed by atoms with Crippen molar-refractivity contribution in [2.24, 2.45) is 0 Å². The van der Waals surface area contributed by atoms with Gasteiger partial charge in [0.2, 0.25) is 0 Å². The molecular formula is C41H30O4. The molecule has 0 heterocycles. The van der Waals surface area contributed by atoms with Crippen LogP contribution in [-0.2, 0) is 15.0 Å². The molecule has 4 nitrogen and oxygen atoms in total. The van der Waals surface area contributed by atoms with E-state index in [0.717, 1.165) is 49.4 Å². The molecule has 7 rings (SSSR count). The number of hydrogen-bond donors (Lipinski definition) is 0. The average Bonchev–Trinajstić information content (AvgIpc) is 3.34. The lowest BCUT2D eigenvalue weighted by Gasteiger charge is -2.35. The van der Waals surface area contributed by atoms with Crippen LogP contribution in [0, 0.1) is 0 Å². The highest BCUT2D eigenvalue weighted by molar-refractivity contribution is 6.03. The van der Waals surface area contributed by atoms with E-state index in [0.29, 0.717) is 22.6 Å². The molecule has 0 aliphatic heterocycles. The Hall–Kier alpha value is -5.74. The molecular weight excluding hydrogens is 556 g/mol. The summed E-state index contributed by atoms with van der Waals surface area (Å²) in [6.07, 6.45) is 0. The first-order valence-corrected chi connectivity index (χ1v) is 14.8. The highest BCUT2D eigenvalue weighted by atomic mass is 16.5. The van der Waals surface area contributed by atoms with Gasteiger partial charge in [0.25, 0.3) is 0 Å². The second-order valence-corrected chi connectivity index (χ2v) is 11.6. The van der Waals surface area contributed by atoms with Gasteiger partial charge in [-0.15, -0.1) is 0 Å². The standard InChI is InChI=1S/C41H30O4/c1-25(2)39(42)44-32-18-14-30(15-19-32)41(31-16-20-33(21-17-31)45-40(43)26(3)4)37-24-29-11-6-5-10-28(29)23-36(37)35-22-13-27-9-7-8-12-34(27)38(35)41/h5-24H,1,3H2,2,4H3. The van der Waals surface area contributed by atoms with Crippen molar-refractivity contribution in [3.05, 3.63) is 168 Å². The van der Waals surface area contributed by atoms with E-state index in [4.69, 9.17) is 9.47 Å². The molecule has 0 amide bonds. The van der Waals surface area contributed by atoms with Gasteiger partial charge in [0.1, 0.15) is 11.5 Å². The maximum Gasteiger partial charge on any atom is 0.338 e. The molecule has 0 fully saturated rings. The quantitative estimate of drug-likeness (QED) is 0.111. The van der Waals surface area contributed by atoms with Gasteiger partial charge in [-0.2, -0.15) is 0 Å². The smallest absolute Gasteiger partial charge is 0.338 e. The SMILES string of the molecule is C=C(C)C(=O)Oc1ccc(C2(c3ccc(OC(=O)C(=C)C)cc3)c3cc4ccccc4cc3-c3ccc4ccccc4c32)cc1. The molecule has 45 heavy (non-hydrogen) atoms. The number of hydrogen-bond acceptors (Lipinski definition) is 4. The Kier molecular flexibility index (Phi) is 6.71. The predicted molar refractivity (Wildman–Crippen MR) is 180 cm³/mol. The minimum atomic E-state index is -0.747. The molecule has 1 aliphatic rings. The van der Waals surface area contributed by atoms with E-state index in [9.17, 15) is 9.59 Å². The molecule has 0 spiro atoms. The number of benzene rings is 6. The molecule has 6 aromatic carbocycles. The molecule has 4 heteroatoms. The fraction of sp³-hybridized carbons (Fsp3) is 0.0732. The van der Waals surface area contributed by atoms with Crippen LogP contribution in [0.4, 0.5) is 0 Å². The first-order valence-electron chi connectivity index (χ1n) is 14.8. The number of fused-ring (bicyclic) bond motifs is 6. The van der Waals surface area contributed by atoms with E-state index in [-0.39, 0.29) is 0 Å². The van der Waals surface area contributed by atoms with Crippen LogP contribution in [0.25, 0.3) is 32.7 Å². The third-order valence-electron chi connectivity index (χ3n) is 8.58. The minimum Gasteiger partial charge on any atom is -0.423 e. The van der Waals surface area contributed by atoms with Gasteiger partial charge < -0.3 is 9.47 Å². The number of carbonyl (C=O) groups excluding carboxylic acids is 2. The summed E-state index contributed by atoms with van der Waals surface area (Å²) in [7, 11) is 0. The molecule has 0 bridgehead atoms. The van der Waals surface area contributed by atoms with Gasteiger partial charge in [0.05, 0.1) is 5.41 Å². The Bertz CT molecular complexity index is 2120. The summed E-state index contributed by atoms with van der Waals surface area (Å²) in [6.45, 7) is 10.7. The molecule has 0 radical (unpaired) electrons. The highest BCUT2D eigenvalue weighted by Gasteiger charge is 2.47. The second kappa shape index (κ2) is 10.8. The van der Waals surface area contributed by atoms with Gasteiger partial charge >= 0.3 is 11.9 Å². The summed E-state index contributed by atoms with van der Waals surface area (Å²) in [6, 6.07) is 41.3. The largest absolute Gasteiger partial charge is 0.423 e. The normalized spacial score (nSPS) is 12.8. The Morgan fingerprint density at radius 1 is 0.556 bits per heavy atom. The molecule has 0 saturated carbocycles. The van der Waals surface area contributed by atoms with E-state index in [1.807, 2.05) is 48.5 Å². The zero-order chi connectivity index (χ0) is 31.3. The Morgan fingerprint density at radius 2 is 1.04 bits per heavy atom. The Balaban J connectivity index is 1.55. The van der Waals surface area contributed by atoms with Gasteiger partial charge in [0, 0.05) is 11.1 Å². The van der Waals surface area contributed by atoms with Crippen LogP contribution in [0.3, 0.4) is 0 Å². The highest BCUT2D eigenvalue weighted by Crippen LogP contribution is 2.59. The van der Waals surface area contributed by atoms with Crippen LogP contribution in [-0.4, -0.2) is 11.9 Å². The fourth-order valence-corrected chi connectivity index (χ4v) is 6.51. The summed E-state index contributed by atoms with van der Waals surface area (Å²) in [5, 5.41) is 4.58. The first kappa shape index (κ1) is 28.1. The van der Waals surface area contributed by atoms with Gasteiger partial charge in [-0.1, -0.05) is 98.1 Å². The summed E-state index contributed by atoms with van der Waals surface area (Å²) in [4.78, 5) is 24.6. The van der Waals surface area contributed by atoms with Gasteiger partial charge in [-0.25, -0.2) is 9.59 Å². The van der Waals surface area contributed by atoms with Gasteiger partial charge in [-0.05, 0) is 105 Å². The van der Waals surface area contributed by atoms with Crippen molar-refractivity contribution in [1.29, 1.82) is 0 Å². The van der Waals surface area contributed by atoms with Crippen molar-refractivity contribution < 1.29 is 19.1 Å². The predicted octanol–water partition coefficient (Wildman–Crippen LogP) is 9.32. The molecule has 0 unspecified atom stereocenters. The Labute approximate surface area is 261 Å². The number of rotatable bonds is 6. The third kappa shape index (κ3) is 4.54. The van der Waals surface area contributed by atoms with Crippen LogP contribution in [0.15, 0.2) is 146 Å². The van der Waals surface area contributed by atoms with Crippen LogP contribution in [0.2, 0.25) is 0 Å². The second-order valence-electron chi connectivity index (χ2n) is 11.6. The maximum absolute atomic E-state index is 12.3.